The Morgan fingerprint density at radius 3 is 2.29 bits per heavy atom. The van der Waals surface area contributed by atoms with Gasteiger partial charge >= 0.3 is 0 Å². The molecule has 0 bridgehead atoms. The molecule has 0 radical (unpaired) electrons. The summed E-state index contributed by atoms with van der Waals surface area (Å²) in [6, 6.07) is 13.4. The highest BCUT2D eigenvalue weighted by Crippen LogP contribution is 2.47. The fourth-order valence-electron chi connectivity index (χ4n) is 5.02. The molecule has 0 aromatic heterocycles. The predicted molar refractivity (Wildman–Crippen MR) is 118 cm³/mol. The van der Waals surface area contributed by atoms with E-state index in [9.17, 15) is 5.26 Å². The lowest BCUT2D eigenvalue weighted by atomic mass is 9.62. The highest BCUT2D eigenvalue weighted by molar-refractivity contribution is 5.85. The minimum atomic E-state index is 0.234. The number of allylic oxidation sites excluding steroid dienone is 1. The average molecular weight is 370 g/mol. The highest BCUT2D eigenvalue weighted by atomic mass is 14.4. The average Bonchev–Trinajstić information content (AvgIpc) is 2.66. The van der Waals surface area contributed by atoms with Crippen molar-refractivity contribution in [1.29, 1.82) is 5.26 Å². The summed E-state index contributed by atoms with van der Waals surface area (Å²) in [5, 5.41) is 9.22. The van der Waals surface area contributed by atoms with E-state index >= 15 is 0 Å². The summed E-state index contributed by atoms with van der Waals surface area (Å²) in [7, 11) is 0. The van der Waals surface area contributed by atoms with Crippen molar-refractivity contribution in [3.05, 3.63) is 69.3 Å². The lowest BCUT2D eigenvalue weighted by Gasteiger charge is -2.42. The van der Waals surface area contributed by atoms with E-state index in [0.717, 1.165) is 24.8 Å². The molecule has 0 spiro atoms. The molecule has 0 N–H and O–H groups in total. The smallest absolute Gasteiger partial charge is 0.0991 e. The fourth-order valence-corrected chi connectivity index (χ4v) is 5.02. The third-order valence-electron chi connectivity index (χ3n) is 7.04. The van der Waals surface area contributed by atoms with Crippen molar-refractivity contribution in [2.45, 2.75) is 77.6 Å². The SMILES string of the molecule is Cc1cc2c(cc1C=C1CCCc3cc(C#N)ccc31)C(C)(C)CCC2(C)C. The first-order chi connectivity index (χ1) is 13.2. The van der Waals surface area contributed by atoms with E-state index in [2.05, 4.69) is 71.0 Å². The van der Waals surface area contributed by atoms with E-state index < -0.39 is 0 Å². The Balaban J connectivity index is 1.83. The zero-order valence-electron chi connectivity index (χ0n) is 17.9. The third kappa shape index (κ3) is 3.20. The number of fused-ring (bicyclic) bond motifs is 2. The summed E-state index contributed by atoms with van der Waals surface area (Å²) >= 11 is 0. The summed E-state index contributed by atoms with van der Waals surface area (Å²) in [6.45, 7) is 11.8. The van der Waals surface area contributed by atoms with E-state index in [0.29, 0.717) is 0 Å². The molecule has 0 fully saturated rings. The monoisotopic (exact) mass is 369 g/mol. The van der Waals surface area contributed by atoms with E-state index in [1.807, 2.05) is 6.07 Å². The van der Waals surface area contributed by atoms with Gasteiger partial charge in [-0.1, -0.05) is 52.0 Å². The Bertz CT molecular complexity index is 1010. The zero-order valence-corrected chi connectivity index (χ0v) is 17.9. The number of benzene rings is 2. The maximum Gasteiger partial charge on any atom is 0.0991 e. The molecule has 28 heavy (non-hydrogen) atoms. The van der Waals surface area contributed by atoms with Crippen molar-refractivity contribution >= 4 is 11.6 Å². The molecule has 0 aliphatic heterocycles. The van der Waals surface area contributed by atoms with Gasteiger partial charge in [-0.2, -0.15) is 5.26 Å². The molecule has 0 amide bonds. The van der Waals surface area contributed by atoms with Crippen molar-refractivity contribution in [2.75, 3.05) is 0 Å². The largest absolute Gasteiger partial charge is 0.192 e. The normalized spacial score (nSPS) is 20.9. The van der Waals surface area contributed by atoms with Gasteiger partial charge in [-0.3, -0.25) is 0 Å². The molecule has 2 aromatic rings. The Hall–Kier alpha value is -2.33. The minimum Gasteiger partial charge on any atom is -0.192 e. The zero-order chi connectivity index (χ0) is 20.1. The molecular weight excluding hydrogens is 338 g/mol. The molecule has 4 rings (SSSR count). The second-order valence-corrected chi connectivity index (χ2v) is 10.0. The Morgan fingerprint density at radius 2 is 1.61 bits per heavy atom. The molecule has 0 saturated heterocycles. The molecule has 1 nitrogen and oxygen atoms in total. The molecule has 0 saturated carbocycles. The topological polar surface area (TPSA) is 23.8 Å². The minimum absolute atomic E-state index is 0.234. The number of nitriles is 1. The van der Waals surface area contributed by atoms with Crippen molar-refractivity contribution in [1.82, 2.24) is 0 Å². The maximum atomic E-state index is 9.22. The van der Waals surface area contributed by atoms with Crippen LogP contribution in [0.15, 0.2) is 30.3 Å². The molecule has 144 valence electrons. The molecule has 0 unspecified atom stereocenters. The first-order valence-electron chi connectivity index (χ1n) is 10.6. The second kappa shape index (κ2) is 6.63. The highest BCUT2D eigenvalue weighted by Gasteiger charge is 2.37. The second-order valence-electron chi connectivity index (χ2n) is 10.0. The third-order valence-corrected chi connectivity index (χ3v) is 7.04. The van der Waals surface area contributed by atoms with Gasteiger partial charge in [0.25, 0.3) is 0 Å². The molecule has 2 aliphatic carbocycles. The van der Waals surface area contributed by atoms with Crippen molar-refractivity contribution < 1.29 is 0 Å². The van der Waals surface area contributed by atoms with Crippen LogP contribution in [-0.4, -0.2) is 0 Å². The predicted octanol–water partition coefficient (Wildman–Crippen LogP) is 7.09. The molecule has 1 heteroatoms. The number of aryl methyl sites for hydroxylation is 2. The van der Waals surface area contributed by atoms with Gasteiger partial charge in [-0.05, 0) is 101 Å². The number of nitrogens with zero attached hydrogens (tertiary/aromatic N) is 1. The molecule has 0 heterocycles. The van der Waals surface area contributed by atoms with Gasteiger partial charge in [0.1, 0.15) is 0 Å². The fraction of sp³-hybridized carbons (Fsp3) is 0.444. The summed E-state index contributed by atoms with van der Waals surface area (Å²) in [5.74, 6) is 0. The first kappa shape index (κ1) is 19.0. The van der Waals surface area contributed by atoms with Gasteiger partial charge in [-0.15, -0.1) is 0 Å². The van der Waals surface area contributed by atoms with Crippen LogP contribution >= 0.6 is 0 Å². The van der Waals surface area contributed by atoms with Gasteiger partial charge in [0.15, 0.2) is 0 Å². The van der Waals surface area contributed by atoms with E-state index in [1.165, 1.54) is 51.8 Å². The van der Waals surface area contributed by atoms with Crippen LogP contribution in [0.3, 0.4) is 0 Å². The van der Waals surface area contributed by atoms with E-state index in [1.54, 1.807) is 0 Å². The van der Waals surface area contributed by atoms with E-state index in [-0.39, 0.29) is 10.8 Å². The van der Waals surface area contributed by atoms with Crippen LogP contribution in [0.1, 0.15) is 92.3 Å². The van der Waals surface area contributed by atoms with Crippen molar-refractivity contribution in [2.24, 2.45) is 0 Å². The van der Waals surface area contributed by atoms with Crippen LogP contribution in [0.2, 0.25) is 0 Å². The Labute approximate surface area is 170 Å². The van der Waals surface area contributed by atoms with Gasteiger partial charge in [-0.25, -0.2) is 0 Å². The van der Waals surface area contributed by atoms with Gasteiger partial charge < -0.3 is 0 Å². The van der Waals surface area contributed by atoms with Crippen LogP contribution in [0, 0.1) is 18.3 Å². The molecule has 0 atom stereocenters. The molecular formula is C27H31N. The van der Waals surface area contributed by atoms with Crippen LogP contribution in [0.4, 0.5) is 0 Å². The number of rotatable bonds is 1. The Morgan fingerprint density at radius 1 is 0.929 bits per heavy atom. The quantitative estimate of drug-likeness (QED) is 0.526. The standard InChI is InChI=1S/C27H31N/c1-18-13-24-25(27(4,5)12-11-26(24,2)3)16-22(18)15-21-8-6-7-20-14-19(17-28)9-10-23(20)21/h9-10,13-16H,6-8,11-12H2,1-5H3. The number of hydrogen-bond acceptors (Lipinski definition) is 1. The maximum absolute atomic E-state index is 9.22. The van der Waals surface area contributed by atoms with Crippen LogP contribution < -0.4 is 0 Å². The van der Waals surface area contributed by atoms with Crippen LogP contribution in [-0.2, 0) is 17.3 Å². The van der Waals surface area contributed by atoms with Gasteiger partial charge in [0.05, 0.1) is 11.6 Å². The van der Waals surface area contributed by atoms with Crippen molar-refractivity contribution in [3.63, 3.8) is 0 Å². The van der Waals surface area contributed by atoms with Crippen LogP contribution in [0.5, 0.6) is 0 Å². The van der Waals surface area contributed by atoms with E-state index in [4.69, 9.17) is 0 Å². The molecule has 2 aliphatic rings. The molecule has 2 aromatic carbocycles. The lowest BCUT2D eigenvalue weighted by molar-refractivity contribution is 0.331. The first-order valence-corrected chi connectivity index (χ1v) is 10.6. The summed E-state index contributed by atoms with van der Waals surface area (Å²) in [4.78, 5) is 0. The summed E-state index contributed by atoms with van der Waals surface area (Å²) in [5.41, 5.74) is 11.1. The summed E-state index contributed by atoms with van der Waals surface area (Å²) < 4.78 is 0. The Kier molecular flexibility index (Phi) is 4.50. The van der Waals surface area contributed by atoms with Crippen molar-refractivity contribution in [3.8, 4) is 6.07 Å². The van der Waals surface area contributed by atoms with Crippen LogP contribution in [0.25, 0.3) is 11.6 Å². The summed E-state index contributed by atoms with van der Waals surface area (Å²) in [6.07, 6.45) is 8.26. The lowest BCUT2D eigenvalue weighted by Crippen LogP contribution is -2.34. The number of hydrogen-bond donors (Lipinski definition) is 0. The van der Waals surface area contributed by atoms with Gasteiger partial charge in [0.2, 0.25) is 0 Å². The van der Waals surface area contributed by atoms with Gasteiger partial charge in [0, 0.05) is 0 Å².